The fourth-order valence-electron chi connectivity index (χ4n) is 4.61. The molecule has 0 aliphatic carbocycles. The Bertz CT molecular complexity index is 1130. The molecule has 1 amide bonds. The van der Waals surface area contributed by atoms with Gasteiger partial charge in [0.05, 0.1) is 41.9 Å². The lowest BCUT2D eigenvalue weighted by Gasteiger charge is -2.39. The third-order valence-electron chi connectivity index (χ3n) is 6.38. The van der Waals surface area contributed by atoms with Gasteiger partial charge in [0.1, 0.15) is 5.75 Å². The van der Waals surface area contributed by atoms with E-state index in [1.807, 2.05) is 53.6 Å². The number of imidazole rings is 1. The van der Waals surface area contributed by atoms with Crippen molar-refractivity contribution in [3.05, 3.63) is 82.9 Å². The molecule has 1 N–H and O–H groups in total. The molecule has 1 fully saturated rings. The van der Waals surface area contributed by atoms with Crippen molar-refractivity contribution in [2.24, 2.45) is 0 Å². The molecule has 5 rings (SSSR count). The summed E-state index contributed by atoms with van der Waals surface area (Å²) < 4.78 is 5.74. The first kappa shape index (κ1) is 20.3. The van der Waals surface area contributed by atoms with Crippen molar-refractivity contribution in [2.45, 2.75) is 18.9 Å². The van der Waals surface area contributed by atoms with Crippen molar-refractivity contribution in [1.29, 1.82) is 5.26 Å². The number of carbonyl (C=O) groups excluding carboxylic acids is 1. The van der Waals surface area contributed by atoms with Gasteiger partial charge in [-0.3, -0.25) is 9.69 Å². The molecule has 0 bridgehead atoms. The molecule has 1 atom stereocenters. The fourth-order valence-corrected chi connectivity index (χ4v) is 4.61. The van der Waals surface area contributed by atoms with Crippen molar-refractivity contribution < 1.29 is 9.53 Å². The van der Waals surface area contributed by atoms with E-state index in [0.717, 1.165) is 42.9 Å². The van der Waals surface area contributed by atoms with Gasteiger partial charge < -0.3 is 14.6 Å². The highest BCUT2D eigenvalue weighted by molar-refractivity contribution is 5.97. The van der Waals surface area contributed by atoms with Gasteiger partial charge in [-0.25, -0.2) is 4.98 Å². The number of amides is 1. The predicted octanol–water partition coefficient (Wildman–Crippen LogP) is 2.96. The highest BCUT2D eigenvalue weighted by atomic mass is 16.5. The van der Waals surface area contributed by atoms with E-state index in [2.05, 4.69) is 20.9 Å². The third kappa shape index (κ3) is 3.97. The summed E-state index contributed by atoms with van der Waals surface area (Å²) in [5.74, 6) is 0.810. The monoisotopic (exact) mass is 427 g/mol. The van der Waals surface area contributed by atoms with Crippen LogP contribution in [-0.2, 0) is 12.8 Å². The van der Waals surface area contributed by atoms with Crippen LogP contribution in [0.2, 0.25) is 0 Å². The van der Waals surface area contributed by atoms with Crippen molar-refractivity contribution in [3.63, 3.8) is 0 Å². The molecule has 2 aromatic carbocycles. The third-order valence-corrected chi connectivity index (χ3v) is 6.38. The van der Waals surface area contributed by atoms with Crippen LogP contribution in [0, 0.1) is 11.3 Å². The lowest BCUT2D eigenvalue weighted by atomic mass is 10.00. The Labute approximate surface area is 187 Å². The van der Waals surface area contributed by atoms with Gasteiger partial charge >= 0.3 is 0 Å². The van der Waals surface area contributed by atoms with Crippen LogP contribution in [-0.4, -0.2) is 58.5 Å². The number of piperazine rings is 1. The summed E-state index contributed by atoms with van der Waals surface area (Å²) in [6.45, 7) is 3.54. The van der Waals surface area contributed by atoms with Crippen molar-refractivity contribution in [1.82, 2.24) is 19.8 Å². The molecule has 1 saturated heterocycles. The van der Waals surface area contributed by atoms with Gasteiger partial charge in [-0.1, -0.05) is 24.3 Å². The summed E-state index contributed by atoms with van der Waals surface area (Å²) >= 11 is 0. The highest BCUT2D eigenvalue weighted by Gasteiger charge is 2.30. The second-order valence-corrected chi connectivity index (χ2v) is 8.26. The Kier molecular flexibility index (Phi) is 5.61. The molecule has 0 saturated carbocycles. The zero-order chi connectivity index (χ0) is 21.9. The molecule has 1 unspecified atom stereocenters. The number of hydrogen-bond acceptors (Lipinski definition) is 5. The number of hydrogen-bond donors (Lipinski definition) is 1. The maximum atomic E-state index is 13.2. The molecule has 3 heterocycles. The zero-order valence-corrected chi connectivity index (χ0v) is 17.8. The number of para-hydroxylation sites is 1. The summed E-state index contributed by atoms with van der Waals surface area (Å²) in [5, 5.41) is 9.06. The van der Waals surface area contributed by atoms with E-state index in [1.165, 1.54) is 5.56 Å². The second-order valence-electron chi connectivity index (χ2n) is 8.26. The number of carbonyl (C=O) groups is 1. The number of rotatable bonds is 5. The highest BCUT2D eigenvalue weighted by Crippen LogP contribution is 2.31. The molecular formula is C25H25N5O2. The fraction of sp³-hybridized carbons (Fsp3) is 0.320. The number of aromatic nitrogens is 2. The van der Waals surface area contributed by atoms with Gasteiger partial charge in [0, 0.05) is 38.8 Å². The van der Waals surface area contributed by atoms with E-state index in [-0.39, 0.29) is 11.9 Å². The van der Waals surface area contributed by atoms with E-state index in [9.17, 15) is 4.79 Å². The number of nitriles is 1. The molecule has 32 heavy (non-hydrogen) atoms. The first-order valence-corrected chi connectivity index (χ1v) is 11.0. The standard InChI is InChI=1S/C25H25N5O2/c26-15-19-6-4-18(5-7-19)14-23(22-16-27-17-28-22)29-9-11-30(12-10-29)25(31)21-3-1-2-20-8-13-32-24(20)21/h1-7,16-17,23H,8-14H2,(H,27,28). The molecule has 0 radical (unpaired) electrons. The zero-order valence-electron chi connectivity index (χ0n) is 17.8. The number of nitrogens with zero attached hydrogens (tertiary/aromatic N) is 4. The number of ether oxygens (including phenoxy) is 1. The summed E-state index contributed by atoms with van der Waals surface area (Å²) in [6, 6.07) is 15.9. The normalized spacial score (nSPS) is 16.8. The smallest absolute Gasteiger partial charge is 0.257 e. The van der Waals surface area contributed by atoms with Crippen LogP contribution in [0.15, 0.2) is 55.0 Å². The Morgan fingerprint density at radius 2 is 1.97 bits per heavy atom. The van der Waals surface area contributed by atoms with Gasteiger partial charge in [0.15, 0.2) is 0 Å². The largest absolute Gasteiger partial charge is 0.492 e. The van der Waals surface area contributed by atoms with E-state index < -0.39 is 0 Å². The minimum atomic E-state index is 0.0496. The number of H-pyrrole nitrogens is 1. The molecule has 0 spiro atoms. The van der Waals surface area contributed by atoms with Crippen LogP contribution in [0.25, 0.3) is 0 Å². The summed E-state index contributed by atoms with van der Waals surface area (Å²) in [7, 11) is 0. The van der Waals surface area contributed by atoms with Crippen molar-refractivity contribution in [2.75, 3.05) is 32.8 Å². The molecule has 2 aliphatic heterocycles. The first-order valence-electron chi connectivity index (χ1n) is 11.0. The topological polar surface area (TPSA) is 85.3 Å². The average Bonchev–Trinajstić information content (AvgIpc) is 3.55. The van der Waals surface area contributed by atoms with Gasteiger partial charge in [-0.05, 0) is 35.7 Å². The Morgan fingerprint density at radius 3 is 2.69 bits per heavy atom. The minimum Gasteiger partial charge on any atom is -0.492 e. The summed E-state index contributed by atoms with van der Waals surface area (Å²) in [4.78, 5) is 25.0. The molecule has 1 aromatic heterocycles. The quantitative estimate of drug-likeness (QED) is 0.677. The maximum absolute atomic E-state index is 13.2. The molecular weight excluding hydrogens is 402 g/mol. The number of nitrogens with one attached hydrogen (secondary N) is 1. The van der Waals surface area contributed by atoms with Crippen LogP contribution in [0.4, 0.5) is 0 Å². The number of aromatic amines is 1. The number of benzene rings is 2. The van der Waals surface area contributed by atoms with Crippen LogP contribution < -0.4 is 4.74 Å². The Hall–Kier alpha value is -3.63. The molecule has 7 nitrogen and oxygen atoms in total. The van der Waals surface area contributed by atoms with E-state index in [0.29, 0.717) is 30.8 Å². The first-order chi connectivity index (χ1) is 15.7. The Morgan fingerprint density at radius 1 is 1.16 bits per heavy atom. The van der Waals surface area contributed by atoms with Crippen LogP contribution >= 0.6 is 0 Å². The van der Waals surface area contributed by atoms with Gasteiger partial charge in [0.25, 0.3) is 5.91 Å². The predicted molar refractivity (Wildman–Crippen MR) is 119 cm³/mol. The maximum Gasteiger partial charge on any atom is 0.257 e. The lowest BCUT2D eigenvalue weighted by Crippen LogP contribution is -2.50. The van der Waals surface area contributed by atoms with Gasteiger partial charge in [0.2, 0.25) is 0 Å². The van der Waals surface area contributed by atoms with Crippen molar-refractivity contribution in [3.8, 4) is 11.8 Å². The summed E-state index contributed by atoms with van der Waals surface area (Å²) in [5.41, 5.74) is 4.69. The molecule has 7 heteroatoms. The summed E-state index contributed by atoms with van der Waals surface area (Å²) in [6.07, 6.45) is 5.25. The SMILES string of the molecule is N#Cc1ccc(CC(c2cnc[nH]2)N2CCN(C(=O)c3cccc4c3OCC4)CC2)cc1. The van der Waals surface area contributed by atoms with E-state index in [4.69, 9.17) is 10.00 Å². The minimum absolute atomic E-state index is 0.0496. The molecule has 2 aliphatic rings. The van der Waals surface area contributed by atoms with Crippen LogP contribution in [0.5, 0.6) is 5.75 Å². The molecule has 3 aromatic rings. The Balaban J connectivity index is 1.29. The van der Waals surface area contributed by atoms with E-state index >= 15 is 0 Å². The lowest BCUT2D eigenvalue weighted by molar-refractivity contribution is 0.0560. The molecule has 162 valence electrons. The van der Waals surface area contributed by atoms with Gasteiger partial charge in [-0.2, -0.15) is 5.26 Å². The second kappa shape index (κ2) is 8.85. The van der Waals surface area contributed by atoms with Crippen LogP contribution in [0.1, 0.15) is 38.8 Å². The van der Waals surface area contributed by atoms with Gasteiger partial charge in [-0.15, -0.1) is 0 Å². The van der Waals surface area contributed by atoms with Crippen molar-refractivity contribution >= 4 is 5.91 Å². The van der Waals surface area contributed by atoms with Crippen LogP contribution in [0.3, 0.4) is 0 Å². The average molecular weight is 428 g/mol. The number of fused-ring (bicyclic) bond motifs is 1. The van der Waals surface area contributed by atoms with E-state index in [1.54, 1.807) is 6.33 Å².